The molecule has 2 aromatic carbocycles. The zero-order chi connectivity index (χ0) is 23.6. The van der Waals surface area contributed by atoms with E-state index in [1.165, 1.54) is 31.4 Å². The van der Waals surface area contributed by atoms with Crippen molar-refractivity contribution in [3.05, 3.63) is 89.5 Å². The van der Waals surface area contributed by atoms with Crippen molar-refractivity contribution in [2.24, 2.45) is 0 Å². The van der Waals surface area contributed by atoms with Gasteiger partial charge in [0.05, 0.1) is 26.2 Å². The third kappa shape index (κ3) is 6.77. The van der Waals surface area contributed by atoms with Crippen LogP contribution in [0.15, 0.2) is 67.0 Å². The van der Waals surface area contributed by atoms with E-state index in [0.717, 1.165) is 5.56 Å². The summed E-state index contributed by atoms with van der Waals surface area (Å²) in [5, 5.41) is 2.81. The predicted molar refractivity (Wildman–Crippen MR) is 119 cm³/mol. The van der Waals surface area contributed by atoms with E-state index < -0.39 is 23.7 Å². The number of methoxy groups -OCH3 is 1. The molecule has 1 aromatic heterocycles. The molecule has 0 saturated heterocycles. The third-order valence-corrected chi connectivity index (χ3v) is 4.80. The molecule has 1 N–H and O–H groups in total. The molecule has 172 valence electrons. The van der Waals surface area contributed by atoms with Crippen LogP contribution in [0.25, 0.3) is 0 Å². The summed E-state index contributed by atoms with van der Waals surface area (Å²) in [4.78, 5) is 28.9. The number of nitrogens with zero attached hydrogens (tertiary/aromatic N) is 1. The minimum absolute atomic E-state index is 0.0987. The number of benzene rings is 2. The molecule has 0 aliphatic rings. The fraction of sp³-hybridized carbons (Fsp3) is 0.240. The van der Waals surface area contributed by atoms with Gasteiger partial charge in [0.25, 0.3) is 5.91 Å². The third-order valence-electron chi connectivity index (χ3n) is 4.80. The average molecular weight is 452 g/mol. The molecule has 1 amide bonds. The van der Waals surface area contributed by atoms with Crippen LogP contribution in [0, 0.1) is 5.82 Å². The highest BCUT2D eigenvalue weighted by atomic mass is 19.1. The molecule has 7 nitrogen and oxygen atoms in total. The summed E-state index contributed by atoms with van der Waals surface area (Å²) in [6.07, 6.45) is 3.29. The minimum atomic E-state index is -0.692. The van der Waals surface area contributed by atoms with Gasteiger partial charge in [0.2, 0.25) is 0 Å². The largest absolute Gasteiger partial charge is 0.490 e. The lowest BCUT2D eigenvalue weighted by atomic mass is 10.0. The molecule has 0 spiro atoms. The molecule has 0 bridgehead atoms. The summed E-state index contributed by atoms with van der Waals surface area (Å²) >= 11 is 0. The van der Waals surface area contributed by atoms with Gasteiger partial charge in [-0.2, -0.15) is 0 Å². The van der Waals surface area contributed by atoms with E-state index >= 15 is 0 Å². The minimum Gasteiger partial charge on any atom is -0.490 e. The number of amides is 1. The number of pyridine rings is 1. The van der Waals surface area contributed by atoms with Crippen molar-refractivity contribution in [2.75, 3.05) is 13.7 Å². The average Bonchev–Trinajstić information content (AvgIpc) is 2.84. The lowest BCUT2D eigenvalue weighted by Crippen LogP contribution is -2.30. The Morgan fingerprint density at radius 2 is 1.85 bits per heavy atom. The first-order valence-electron chi connectivity index (χ1n) is 10.4. The Morgan fingerprint density at radius 3 is 2.52 bits per heavy atom. The van der Waals surface area contributed by atoms with E-state index in [0.29, 0.717) is 35.8 Å². The Hall–Kier alpha value is -3.94. The van der Waals surface area contributed by atoms with Crippen LogP contribution in [-0.2, 0) is 16.1 Å². The molecule has 0 saturated carbocycles. The van der Waals surface area contributed by atoms with Crippen molar-refractivity contribution in [1.82, 2.24) is 10.3 Å². The molecule has 1 atom stereocenters. The molecule has 3 aromatic rings. The van der Waals surface area contributed by atoms with Crippen molar-refractivity contribution in [2.45, 2.75) is 26.0 Å². The summed E-state index contributed by atoms with van der Waals surface area (Å²) < 4.78 is 29.6. The van der Waals surface area contributed by atoms with Crippen LogP contribution in [0.5, 0.6) is 11.5 Å². The fourth-order valence-electron chi connectivity index (χ4n) is 3.12. The summed E-state index contributed by atoms with van der Waals surface area (Å²) in [6, 6.07) is 13.4. The van der Waals surface area contributed by atoms with E-state index in [1.807, 2.05) is 19.1 Å². The summed E-state index contributed by atoms with van der Waals surface area (Å²) in [7, 11) is 1.27. The first kappa shape index (κ1) is 23.7. The second-order valence-corrected chi connectivity index (χ2v) is 7.10. The summed E-state index contributed by atoms with van der Waals surface area (Å²) in [6.45, 7) is 2.51. The molecule has 1 unspecified atom stereocenters. The van der Waals surface area contributed by atoms with Crippen LogP contribution in [0.2, 0.25) is 0 Å². The predicted octanol–water partition coefficient (Wildman–Crippen LogP) is 4.23. The smallest absolute Gasteiger partial charge is 0.307 e. The second-order valence-electron chi connectivity index (χ2n) is 7.10. The van der Waals surface area contributed by atoms with E-state index in [9.17, 15) is 14.0 Å². The molecule has 3 rings (SSSR count). The van der Waals surface area contributed by atoms with Crippen molar-refractivity contribution >= 4 is 11.9 Å². The van der Waals surface area contributed by atoms with Crippen molar-refractivity contribution in [3.63, 3.8) is 0 Å². The SMILES string of the molecule is CCOc1cc(C(=O)NC(CC(=O)OC)c2ccc(F)cc2)ccc1OCc1cccnc1. The molecule has 1 heterocycles. The summed E-state index contributed by atoms with van der Waals surface area (Å²) in [5.74, 6) is -0.431. The highest BCUT2D eigenvalue weighted by Crippen LogP contribution is 2.30. The lowest BCUT2D eigenvalue weighted by molar-refractivity contribution is -0.141. The molecule has 33 heavy (non-hydrogen) atoms. The molecular formula is C25H25FN2O5. The van der Waals surface area contributed by atoms with Crippen molar-refractivity contribution < 1.29 is 28.2 Å². The molecule has 0 radical (unpaired) electrons. The monoisotopic (exact) mass is 452 g/mol. The van der Waals surface area contributed by atoms with Gasteiger partial charge in [0.15, 0.2) is 11.5 Å². The number of carbonyl (C=O) groups excluding carboxylic acids is 2. The Labute approximate surface area is 191 Å². The van der Waals surface area contributed by atoms with Crippen molar-refractivity contribution in [3.8, 4) is 11.5 Å². The number of hydrogen-bond acceptors (Lipinski definition) is 6. The Balaban J connectivity index is 1.78. The van der Waals surface area contributed by atoms with Crippen LogP contribution in [0.3, 0.4) is 0 Å². The second kappa shape index (κ2) is 11.6. The van der Waals surface area contributed by atoms with Crippen molar-refractivity contribution in [1.29, 1.82) is 0 Å². The highest BCUT2D eigenvalue weighted by molar-refractivity contribution is 5.95. The number of nitrogens with one attached hydrogen (secondary N) is 1. The first-order valence-corrected chi connectivity index (χ1v) is 10.4. The Morgan fingerprint density at radius 1 is 1.06 bits per heavy atom. The maximum absolute atomic E-state index is 13.3. The van der Waals surface area contributed by atoms with E-state index in [4.69, 9.17) is 14.2 Å². The van der Waals surface area contributed by atoms with Gasteiger partial charge >= 0.3 is 5.97 Å². The molecule has 8 heteroatoms. The molecule has 0 aliphatic carbocycles. The Bertz CT molecular complexity index is 1070. The quantitative estimate of drug-likeness (QED) is 0.463. The number of carbonyl (C=O) groups is 2. The Kier molecular flexibility index (Phi) is 8.35. The lowest BCUT2D eigenvalue weighted by Gasteiger charge is -2.19. The van der Waals surface area contributed by atoms with E-state index in [1.54, 1.807) is 30.6 Å². The highest BCUT2D eigenvalue weighted by Gasteiger charge is 2.21. The number of rotatable bonds is 10. The topological polar surface area (TPSA) is 86.8 Å². The van der Waals surface area contributed by atoms with Crippen LogP contribution in [0.1, 0.15) is 40.9 Å². The van der Waals surface area contributed by atoms with E-state index in [2.05, 4.69) is 10.3 Å². The van der Waals surface area contributed by atoms with Gasteiger partial charge in [-0.3, -0.25) is 14.6 Å². The van der Waals surface area contributed by atoms with Gasteiger partial charge in [0.1, 0.15) is 12.4 Å². The van der Waals surface area contributed by atoms with Gasteiger partial charge in [-0.15, -0.1) is 0 Å². The molecule has 0 aliphatic heterocycles. The normalized spacial score (nSPS) is 11.4. The number of halogens is 1. The van der Waals surface area contributed by atoms with Gasteiger partial charge in [0, 0.05) is 23.5 Å². The van der Waals surface area contributed by atoms with Gasteiger partial charge < -0.3 is 19.5 Å². The summed E-state index contributed by atoms with van der Waals surface area (Å²) in [5.41, 5.74) is 1.80. The zero-order valence-corrected chi connectivity index (χ0v) is 18.4. The van der Waals surface area contributed by atoms with E-state index in [-0.39, 0.29) is 6.42 Å². The first-order chi connectivity index (χ1) is 16.0. The zero-order valence-electron chi connectivity index (χ0n) is 18.4. The van der Waals surface area contributed by atoms with Crippen LogP contribution < -0.4 is 14.8 Å². The molecule has 0 fully saturated rings. The fourth-order valence-corrected chi connectivity index (χ4v) is 3.12. The van der Waals surface area contributed by atoms with Gasteiger partial charge in [-0.25, -0.2) is 4.39 Å². The van der Waals surface area contributed by atoms with Crippen LogP contribution in [0.4, 0.5) is 4.39 Å². The number of aromatic nitrogens is 1. The standard InChI is InChI=1S/C25H25FN2O5/c1-3-32-23-13-19(8-11-22(23)33-16-17-5-4-12-27-15-17)25(30)28-21(14-24(29)31-2)18-6-9-20(26)10-7-18/h4-13,15,21H,3,14,16H2,1-2H3,(H,28,30). The van der Waals surface area contributed by atoms with Crippen LogP contribution in [-0.4, -0.2) is 30.6 Å². The van der Waals surface area contributed by atoms with Crippen LogP contribution >= 0.6 is 0 Å². The van der Waals surface area contributed by atoms with Gasteiger partial charge in [-0.05, 0) is 48.9 Å². The van der Waals surface area contributed by atoms with Gasteiger partial charge in [-0.1, -0.05) is 18.2 Å². The maximum atomic E-state index is 13.3. The molecular weight excluding hydrogens is 427 g/mol. The maximum Gasteiger partial charge on any atom is 0.307 e. The number of hydrogen-bond donors (Lipinski definition) is 1. The number of ether oxygens (including phenoxy) is 3. The number of esters is 1.